The van der Waals surface area contributed by atoms with Crippen molar-refractivity contribution in [3.05, 3.63) is 34.6 Å². The van der Waals surface area contributed by atoms with Gasteiger partial charge in [0.2, 0.25) is 0 Å². The highest BCUT2D eigenvalue weighted by molar-refractivity contribution is 6.30. The molecule has 0 saturated heterocycles. The summed E-state index contributed by atoms with van der Waals surface area (Å²) in [7, 11) is 0. The van der Waals surface area contributed by atoms with Crippen LogP contribution in [0.15, 0.2) is 18.2 Å². The predicted octanol–water partition coefficient (Wildman–Crippen LogP) is 3.28. The third-order valence-corrected chi connectivity index (χ3v) is 2.82. The van der Waals surface area contributed by atoms with Gasteiger partial charge in [-0.05, 0) is 36.1 Å². The van der Waals surface area contributed by atoms with Gasteiger partial charge in [-0.2, -0.15) is 0 Å². The highest BCUT2D eigenvalue weighted by Crippen LogP contribution is 2.37. The number of benzene rings is 1. The summed E-state index contributed by atoms with van der Waals surface area (Å²) in [4.78, 5) is 0. The van der Waals surface area contributed by atoms with Gasteiger partial charge in [-0.3, -0.25) is 0 Å². The van der Waals surface area contributed by atoms with E-state index in [1.165, 1.54) is 25.0 Å². The summed E-state index contributed by atoms with van der Waals surface area (Å²) in [6.07, 6.45) is 3.47. The van der Waals surface area contributed by atoms with E-state index in [4.69, 9.17) is 17.3 Å². The Balaban J connectivity index is 2.12. The molecule has 1 aromatic rings. The minimum absolute atomic E-state index is 0.0734. The van der Waals surface area contributed by atoms with E-state index in [0.29, 0.717) is 5.02 Å². The molecule has 0 unspecified atom stereocenters. The van der Waals surface area contributed by atoms with Gasteiger partial charge in [0.25, 0.3) is 0 Å². The van der Waals surface area contributed by atoms with E-state index in [-0.39, 0.29) is 11.9 Å². The van der Waals surface area contributed by atoms with Gasteiger partial charge < -0.3 is 5.73 Å². The molecule has 2 N–H and O–H groups in total. The Morgan fingerprint density at radius 3 is 2.71 bits per heavy atom. The first kappa shape index (κ1) is 9.94. The average molecular weight is 214 g/mol. The van der Waals surface area contributed by atoms with Crippen molar-refractivity contribution in [2.24, 2.45) is 11.7 Å². The van der Waals surface area contributed by atoms with Crippen molar-refractivity contribution >= 4 is 11.6 Å². The third kappa shape index (κ3) is 2.46. The summed E-state index contributed by atoms with van der Waals surface area (Å²) in [6.45, 7) is 0. The van der Waals surface area contributed by atoms with Crippen LogP contribution in [0.1, 0.15) is 30.9 Å². The molecule has 1 nitrogen and oxygen atoms in total. The molecule has 0 spiro atoms. The molecule has 3 heteroatoms. The van der Waals surface area contributed by atoms with Crippen LogP contribution in [-0.4, -0.2) is 0 Å². The summed E-state index contributed by atoms with van der Waals surface area (Å²) in [5.74, 6) is 0.436. The maximum Gasteiger partial charge on any atom is 0.125 e. The lowest BCUT2D eigenvalue weighted by atomic mass is 10.0. The minimum atomic E-state index is -0.307. The molecule has 2 rings (SSSR count). The summed E-state index contributed by atoms with van der Waals surface area (Å²) in [6, 6.07) is 4.45. The van der Waals surface area contributed by atoms with E-state index in [9.17, 15) is 4.39 Å². The van der Waals surface area contributed by atoms with E-state index in [1.807, 2.05) is 0 Å². The molecule has 1 saturated carbocycles. The van der Waals surface area contributed by atoms with Crippen molar-refractivity contribution in [3.8, 4) is 0 Å². The molecule has 0 bridgehead atoms. The first-order valence-corrected chi connectivity index (χ1v) is 5.24. The Hall–Kier alpha value is -0.600. The monoisotopic (exact) mass is 213 g/mol. The van der Waals surface area contributed by atoms with E-state index in [2.05, 4.69) is 0 Å². The van der Waals surface area contributed by atoms with Crippen LogP contribution in [0.4, 0.5) is 4.39 Å². The van der Waals surface area contributed by atoms with E-state index in [0.717, 1.165) is 17.9 Å². The molecule has 0 aromatic heterocycles. The normalized spacial score (nSPS) is 18.2. The van der Waals surface area contributed by atoms with Crippen LogP contribution < -0.4 is 5.73 Å². The largest absolute Gasteiger partial charge is 0.324 e. The van der Waals surface area contributed by atoms with Gasteiger partial charge in [-0.15, -0.1) is 0 Å². The highest BCUT2D eigenvalue weighted by Gasteiger charge is 2.24. The van der Waals surface area contributed by atoms with Crippen LogP contribution in [0, 0.1) is 11.7 Å². The lowest BCUT2D eigenvalue weighted by molar-refractivity contribution is 0.583. The van der Waals surface area contributed by atoms with Crippen molar-refractivity contribution in [2.75, 3.05) is 0 Å². The molecule has 0 radical (unpaired) electrons. The second kappa shape index (κ2) is 3.87. The molecule has 0 aliphatic heterocycles. The van der Waals surface area contributed by atoms with Crippen LogP contribution >= 0.6 is 11.6 Å². The lowest BCUT2D eigenvalue weighted by Crippen LogP contribution is -2.11. The van der Waals surface area contributed by atoms with Gasteiger partial charge in [0, 0.05) is 11.1 Å². The fraction of sp³-hybridized carbons (Fsp3) is 0.455. The van der Waals surface area contributed by atoms with Gasteiger partial charge in [0.05, 0.1) is 0 Å². The first-order chi connectivity index (χ1) is 6.65. The molecular weight excluding hydrogens is 201 g/mol. The fourth-order valence-corrected chi connectivity index (χ4v) is 1.87. The second-order valence-electron chi connectivity index (χ2n) is 3.99. The molecule has 14 heavy (non-hydrogen) atoms. The number of rotatable bonds is 3. The molecule has 0 heterocycles. The molecule has 1 aliphatic carbocycles. The van der Waals surface area contributed by atoms with Gasteiger partial charge in [0.15, 0.2) is 0 Å². The zero-order valence-corrected chi connectivity index (χ0v) is 8.60. The van der Waals surface area contributed by atoms with E-state index < -0.39 is 0 Å². The lowest BCUT2D eigenvalue weighted by Gasteiger charge is -2.11. The third-order valence-electron chi connectivity index (χ3n) is 2.60. The minimum Gasteiger partial charge on any atom is -0.324 e. The number of halogens is 2. The van der Waals surface area contributed by atoms with Crippen molar-refractivity contribution in [3.63, 3.8) is 0 Å². The Morgan fingerprint density at radius 2 is 2.14 bits per heavy atom. The zero-order valence-electron chi connectivity index (χ0n) is 7.84. The highest BCUT2D eigenvalue weighted by atomic mass is 35.5. The van der Waals surface area contributed by atoms with Gasteiger partial charge >= 0.3 is 0 Å². The Labute approximate surface area is 88.1 Å². The Morgan fingerprint density at radius 1 is 1.43 bits per heavy atom. The molecule has 1 atom stereocenters. The first-order valence-electron chi connectivity index (χ1n) is 4.87. The molecule has 76 valence electrons. The van der Waals surface area contributed by atoms with Crippen molar-refractivity contribution in [2.45, 2.75) is 25.3 Å². The van der Waals surface area contributed by atoms with Crippen molar-refractivity contribution in [1.29, 1.82) is 0 Å². The van der Waals surface area contributed by atoms with Gasteiger partial charge in [-0.25, -0.2) is 4.39 Å². The average Bonchev–Trinajstić information content (AvgIpc) is 2.86. The smallest absolute Gasteiger partial charge is 0.125 e. The van der Waals surface area contributed by atoms with Crippen molar-refractivity contribution in [1.82, 2.24) is 0 Å². The topological polar surface area (TPSA) is 26.0 Å². The second-order valence-corrected chi connectivity index (χ2v) is 4.42. The molecule has 0 amide bonds. The van der Waals surface area contributed by atoms with Gasteiger partial charge in [0.1, 0.15) is 5.82 Å². The van der Waals surface area contributed by atoms with Crippen LogP contribution in [0.5, 0.6) is 0 Å². The standard InChI is InChI=1S/C11H13ClFN/c12-9-4-8(5-10(13)6-9)11(14)3-7-1-2-7/h4-7,11H,1-3,14H2/t11-/m1/s1. The molecule has 1 aliphatic rings. The number of hydrogen-bond donors (Lipinski definition) is 1. The quantitative estimate of drug-likeness (QED) is 0.820. The van der Waals surface area contributed by atoms with Gasteiger partial charge in [-0.1, -0.05) is 24.4 Å². The predicted molar refractivity (Wildman–Crippen MR) is 55.7 cm³/mol. The van der Waals surface area contributed by atoms with E-state index >= 15 is 0 Å². The summed E-state index contributed by atoms with van der Waals surface area (Å²) >= 11 is 5.75. The Kier molecular flexibility index (Phi) is 2.75. The van der Waals surface area contributed by atoms with Crippen LogP contribution in [0.3, 0.4) is 0 Å². The Bertz CT molecular complexity index is 316. The summed E-state index contributed by atoms with van der Waals surface area (Å²) in [5.41, 5.74) is 6.76. The molecule has 1 aromatic carbocycles. The SMILES string of the molecule is N[C@H](CC1CC1)c1cc(F)cc(Cl)c1. The zero-order chi connectivity index (χ0) is 10.1. The summed E-state index contributed by atoms with van der Waals surface area (Å²) in [5, 5.41) is 0.422. The number of nitrogens with two attached hydrogens (primary N) is 1. The fourth-order valence-electron chi connectivity index (χ4n) is 1.64. The molecule has 1 fully saturated rings. The van der Waals surface area contributed by atoms with Crippen LogP contribution in [0.25, 0.3) is 0 Å². The van der Waals surface area contributed by atoms with Crippen LogP contribution in [0.2, 0.25) is 5.02 Å². The summed E-state index contributed by atoms with van der Waals surface area (Å²) < 4.78 is 13.0. The molecular formula is C11H13ClFN. The maximum atomic E-state index is 13.0. The van der Waals surface area contributed by atoms with E-state index in [1.54, 1.807) is 6.07 Å². The number of hydrogen-bond acceptors (Lipinski definition) is 1. The van der Waals surface area contributed by atoms with Crippen molar-refractivity contribution < 1.29 is 4.39 Å². The maximum absolute atomic E-state index is 13.0. The van der Waals surface area contributed by atoms with Crippen LogP contribution in [-0.2, 0) is 0 Å².